The molecule has 33 heavy (non-hydrogen) atoms. The number of carbonyl (C=O) groups is 2. The van der Waals surface area contributed by atoms with E-state index in [0.29, 0.717) is 35.0 Å². The van der Waals surface area contributed by atoms with E-state index < -0.39 is 0 Å². The Bertz CT molecular complexity index is 1090. The van der Waals surface area contributed by atoms with Crippen LogP contribution in [0.15, 0.2) is 72.8 Å². The van der Waals surface area contributed by atoms with Gasteiger partial charge in [-0.3, -0.25) is 14.5 Å². The second kappa shape index (κ2) is 10.6. The highest BCUT2D eigenvalue weighted by molar-refractivity contribution is 6.30. The SMILES string of the molecule is O=C(c1ccc(Cl)cc1)c1ccc(OCC(=O)N2CCN(Cc3ccc(F)cc3)CC2)cc1. The van der Waals surface area contributed by atoms with Crippen molar-refractivity contribution in [1.29, 1.82) is 0 Å². The fourth-order valence-electron chi connectivity index (χ4n) is 3.71. The standard InChI is InChI=1S/C26H24ClFN2O3/c27-22-7-3-20(4-8-22)26(32)21-5-11-24(12-6-21)33-18-25(31)30-15-13-29(14-16-30)17-19-1-9-23(28)10-2-19/h1-12H,13-18H2. The van der Waals surface area contributed by atoms with Crippen molar-refractivity contribution in [1.82, 2.24) is 9.80 Å². The number of halogens is 2. The Morgan fingerprint density at radius 1 is 0.818 bits per heavy atom. The molecule has 0 radical (unpaired) electrons. The minimum atomic E-state index is -0.239. The van der Waals surface area contributed by atoms with Gasteiger partial charge in [-0.05, 0) is 66.2 Å². The van der Waals surface area contributed by atoms with E-state index in [1.807, 2.05) is 0 Å². The summed E-state index contributed by atoms with van der Waals surface area (Å²) in [4.78, 5) is 29.1. The molecule has 1 fully saturated rings. The molecule has 1 amide bonds. The maximum absolute atomic E-state index is 13.0. The number of benzene rings is 3. The van der Waals surface area contributed by atoms with Crippen LogP contribution in [0, 0.1) is 5.82 Å². The van der Waals surface area contributed by atoms with E-state index in [1.165, 1.54) is 12.1 Å². The monoisotopic (exact) mass is 466 g/mol. The van der Waals surface area contributed by atoms with Gasteiger partial charge in [0.15, 0.2) is 12.4 Å². The number of nitrogens with zero attached hydrogens (tertiary/aromatic N) is 2. The molecule has 0 aromatic heterocycles. The van der Waals surface area contributed by atoms with Gasteiger partial charge in [0.25, 0.3) is 5.91 Å². The second-order valence-corrected chi connectivity index (χ2v) is 8.37. The van der Waals surface area contributed by atoms with Crippen LogP contribution in [0.2, 0.25) is 5.02 Å². The van der Waals surface area contributed by atoms with E-state index in [2.05, 4.69) is 4.90 Å². The van der Waals surface area contributed by atoms with Gasteiger partial charge in [0.2, 0.25) is 0 Å². The molecule has 5 nitrogen and oxygen atoms in total. The minimum absolute atomic E-state index is 0.0531. The van der Waals surface area contributed by atoms with Crippen molar-refractivity contribution in [2.24, 2.45) is 0 Å². The number of piperazine rings is 1. The van der Waals surface area contributed by atoms with Crippen LogP contribution in [0.5, 0.6) is 5.75 Å². The topological polar surface area (TPSA) is 49.9 Å². The highest BCUT2D eigenvalue weighted by Gasteiger charge is 2.21. The molecule has 0 bridgehead atoms. The van der Waals surface area contributed by atoms with Gasteiger partial charge in [0.1, 0.15) is 11.6 Å². The normalized spacial score (nSPS) is 14.2. The summed E-state index contributed by atoms with van der Waals surface area (Å²) in [5.74, 6) is 0.119. The molecule has 7 heteroatoms. The van der Waals surface area contributed by atoms with E-state index in [0.717, 1.165) is 25.2 Å². The van der Waals surface area contributed by atoms with Gasteiger partial charge in [-0.25, -0.2) is 4.39 Å². The fraction of sp³-hybridized carbons (Fsp3) is 0.231. The van der Waals surface area contributed by atoms with Gasteiger partial charge in [0, 0.05) is 48.9 Å². The second-order valence-electron chi connectivity index (χ2n) is 7.93. The Balaban J connectivity index is 1.23. The molecule has 3 aromatic carbocycles. The number of ketones is 1. The first-order chi connectivity index (χ1) is 16.0. The molecule has 1 saturated heterocycles. The number of hydrogen-bond acceptors (Lipinski definition) is 4. The molecule has 4 rings (SSSR count). The van der Waals surface area contributed by atoms with Crippen molar-refractivity contribution in [2.75, 3.05) is 32.8 Å². The van der Waals surface area contributed by atoms with Crippen LogP contribution in [0.4, 0.5) is 4.39 Å². The highest BCUT2D eigenvalue weighted by atomic mass is 35.5. The molecule has 3 aromatic rings. The van der Waals surface area contributed by atoms with E-state index in [1.54, 1.807) is 65.6 Å². The average molecular weight is 467 g/mol. The van der Waals surface area contributed by atoms with Crippen LogP contribution in [0.1, 0.15) is 21.5 Å². The number of hydrogen-bond donors (Lipinski definition) is 0. The van der Waals surface area contributed by atoms with Gasteiger partial charge >= 0.3 is 0 Å². The van der Waals surface area contributed by atoms with Crippen molar-refractivity contribution < 1.29 is 18.7 Å². The van der Waals surface area contributed by atoms with Crippen molar-refractivity contribution in [3.05, 3.63) is 100 Å². The lowest BCUT2D eigenvalue weighted by Crippen LogP contribution is -2.49. The molecule has 0 saturated carbocycles. The minimum Gasteiger partial charge on any atom is -0.484 e. The Hall–Kier alpha value is -3.22. The van der Waals surface area contributed by atoms with E-state index in [4.69, 9.17) is 16.3 Å². The largest absolute Gasteiger partial charge is 0.484 e. The summed E-state index contributed by atoms with van der Waals surface area (Å²) >= 11 is 5.87. The van der Waals surface area contributed by atoms with Crippen molar-refractivity contribution in [3.63, 3.8) is 0 Å². The van der Waals surface area contributed by atoms with Crippen LogP contribution < -0.4 is 4.74 Å². The average Bonchev–Trinajstić information content (AvgIpc) is 2.85. The summed E-state index contributed by atoms with van der Waals surface area (Å²) in [5, 5.41) is 0.578. The van der Waals surface area contributed by atoms with E-state index in [-0.39, 0.29) is 24.1 Å². The fourth-order valence-corrected chi connectivity index (χ4v) is 3.84. The van der Waals surface area contributed by atoms with Crippen LogP contribution >= 0.6 is 11.6 Å². The van der Waals surface area contributed by atoms with Crippen LogP contribution in [0.25, 0.3) is 0 Å². The van der Waals surface area contributed by atoms with E-state index >= 15 is 0 Å². The molecule has 1 aliphatic heterocycles. The predicted molar refractivity (Wildman–Crippen MR) is 125 cm³/mol. The summed E-state index contributed by atoms with van der Waals surface area (Å²) in [6.07, 6.45) is 0. The molecule has 0 unspecified atom stereocenters. The first-order valence-electron chi connectivity index (χ1n) is 10.8. The van der Waals surface area contributed by atoms with Crippen molar-refractivity contribution in [2.45, 2.75) is 6.54 Å². The van der Waals surface area contributed by atoms with Gasteiger partial charge in [-0.1, -0.05) is 23.7 Å². The third kappa shape index (κ3) is 6.18. The number of ether oxygens (including phenoxy) is 1. The molecule has 0 aliphatic carbocycles. The Kier molecular flexibility index (Phi) is 7.37. The Morgan fingerprint density at radius 3 is 2.00 bits per heavy atom. The summed E-state index contributed by atoms with van der Waals surface area (Å²) < 4.78 is 18.7. The van der Waals surface area contributed by atoms with Crippen molar-refractivity contribution >= 4 is 23.3 Å². The van der Waals surface area contributed by atoms with Crippen LogP contribution in [-0.4, -0.2) is 54.3 Å². The maximum Gasteiger partial charge on any atom is 0.260 e. The van der Waals surface area contributed by atoms with Gasteiger partial charge in [0.05, 0.1) is 0 Å². The van der Waals surface area contributed by atoms with Gasteiger partial charge < -0.3 is 9.64 Å². The van der Waals surface area contributed by atoms with Gasteiger partial charge in [-0.15, -0.1) is 0 Å². The lowest BCUT2D eigenvalue weighted by Gasteiger charge is -2.34. The van der Waals surface area contributed by atoms with E-state index in [9.17, 15) is 14.0 Å². The van der Waals surface area contributed by atoms with Gasteiger partial charge in [-0.2, -0.15) is 0 Å². The summed E-state index contributed by atoms with van der Waals surface area (Å²) in [7, 11) is 0. The summed E-state index contributed by atoms with van der Waals surface area (Å²) in [5.41, 5.74) is 2.15. The molecule has 0 spiro atoms. The molecule has 1 heterocycles. The maximum atomic E-state index is 13.0. The van der Waals surface area contributed by atoms with Crippen LogP contribution in [-0.2, 0) is 11.3 Å². The quantitative estimate of drug-likeness (QED) is 0.483. The molecule has 170 valence electrons. The zero-order valence-corrected chi connectivity index (χ0v) is 18.8. The molecule has 1 aliphatic rings. The predicted octanol–water partition coefficient (Wildman–Crippen LogP) is 4.43. The smallest absolute Gasteiger partial charge is 0.260 e. The lowest BCUT2D eigenvalue weighted by molar-refractivity contribution is -0.135. The van der Waals surface area contributed by atoms with Crippen LogP contribution in [0.3, 0.4) is 0 Å². The lowest BCUT2D eigenvalue weighted by atomic mass is 10.0. The first kappa shape index (κ1) is 23.0. The molecular formula is C26H24ClFN2O3. The summed E-state index contributed by atoms with van der Waals surface area (Å²) in [6.45, 7) is 3.44. The third-order valence-electron chi connectivity index (χ3n) is 5.63. The molecular weight excluding hydrogens is 443 g/mol. The summed E-state index contributed by atoms with van der Waals surface area (Å²) in [6, 6.07) is 20.0. The highest BCUT2D eigenvalue weighted by Crippen LogP contribution is 2.18. The zero-order chi connectivity index (χ0) is 23.2. The third-order valence-corrected chi connectivity index (χ3v) is 5.88. The Labute approximate surface area is 197 Å². The molecule has 0 atom stereocenters. The number of amides is 1. The molecule has 0 N–H and O–H groups in total. The van der Waals surface area contributed by atoms with Crippen molar-refractivity contribution in [3.8, 4) is 5.75 Å². The Morgan fingerprint density at radius 2 is 1.39 bits per heavy atom. The number of carbonyl (C=O) groups excluding carboxylic acids is 2. The number of rotatable bonds is 7. The first-order valence-corrected chi connectivity index (χ1v) is 11.1. The zero-order valence-electron chi connectivity index (χ0n) is 18.0.